The van der Waals surface area contributed by atoms with Crippen molar-refractivity contribution in [2.24, 2.45) is 0 Å². The molecule has 6 nitrogen and oxygen atoms in total. The number of imidazole rings is 2. The maximum absolute atomic E-state index is 12.0. The molecule has 0 fully saturated rings. The van der Waals surface area contributed by atoms with E-state index < -0.39 is 11.6 Å². The molecule has 0 radical (unpaired) electrons. The molecule has 2 aromatic rings. The maximum atomic E-state index is 12.0. The molecule has 90 valence electrons. The summed E-state index contributed by atoms with van der Waals surface area (Å²) in [4.78, 5) is 31.6. The summed E-state index contributed by atoms with van der Waals surface area (Å²) >= 11 is 0. The number of hydrogen-bond acceptors (Lipinski definition) is 4. The first-order valence-corrected chi connectivity index (χ1v) is 5.09. The highest BCUT2D eigenvalue weighted by molar-refractivity contribution is 6.47. The van der Waals surface area contributed by atoms with Gasteiger partial charge in [-0.25, -0.2) is 9.97 Å². The van der Waals surface area contributed by atoms with Crippen molar-refractivity contribution in [1.82, 2.24) is 19.1 Å². The highest BCUT2D eigenvalue weighted by Gasteiger charge is 2.25. The number of nitrogens with zero attached hydrogens (tertiary/aromatic N) is 4. The number of rotatable bonds is 5. The van der Waals surface area contributed by atoms with Crippen LogP contribution in [0.3, 0.4) is 0 Å². The summed E-state index contributed by atoms with van der Waals surface area (Å²) < 4.78 is 2.75. The van der Waals surface area contributed by atoms with Gasteiger partial charge in [0.1, 0.15) is 0 Å². The van der Waals surface area contributed by atoms with Crippen LogP contribution in [0.1, 0.15) is 21.2 Å². The van der Waals surface area contributed by atoms with Crippen LogP contribution in [0.5, 0.6) is 0 Å². The molecule has 0 spiro atoms. The summed E-state index contributed by atoms with van der Waals surface area (Å²) in [6.07, 6.45) is 8.70. The fourth-order valence-corrected chi connectivity index (χ4v) is 1.48. The lowest BCUT2D eigenvalue weighted by Crippen LogP contribution is -2.21. The number of ketones is 2. The molecule has 18 heavy (non-hydrogen) atoms. The first kappa shape index (κ1) is 11.7. The van der Waals surface area contributed by atoms with E-state index in [0.717, 1.165) is 0 Å². The maximum Gasteiger partial charge on any atom is 0.272 e. The summed E-state index contributed by atoms with van der Waals surface area (Å²) in [5, 5.41) is 0. The molecule has 0 atom stereocenters. The van der Waals surface area contributed by atoms with Crippen molar-refractivity contribution in [1.29, 1.82) is 0 Å². The van der Waals surface area contributed by atoms with Crippen molar-refractivity contribution in [3.8, 4) is 0 Å². The molecule has 0 N–H and O–H groups in total. The van der Waals surface area contributed by atoms with Gasteiger partial charge in [-0.2, -0.15) is 0 Å². The lowest BCUT2D eigenvalue weighted by Gasteiger charge is -2.01. The van der Waals surface area contributed by atoms with Crippen LogP contribution >= 0.6 is 0 Å². The molecule has 0 saturated heterocycles. The third-order valence-electron chi connectivity index (χ3n) is 2.34. The van der Waals surface area contributed by atoms with Crippen LogP contribution in [0.25, 0.3) is 12.4 Å². The number of carbonyl (C=O) groups excluding carboxylic acids is 2. The van der Waals surface area contributed by atoms with Crippen LogP contribution in [0, 0.1) is 0 Å². The number of hydrogen-bond donors (Lipinski definition) is 0. The van der Waals surface area contributed by atoms with Gasteiger partial charge in [-0.05, 0) is 0 Å². The van der Waals surface area contributed by atoms with E-state index in [1.165, 1.54) is 46.3 Å². The summed E-state index contributed by atoms with van der Waals surface area (Å²) in [5.74, 6) is -1.47. The molecule has 0 amide bonds. The molecule has 0 aromatic carbocycles. The Labute approximate surface area is 103 Å². The summed E-state index contributed by atoms with van der Waals surface area (Å²) in [7, 11) is 0. The molecular weight excluding hydrogens is 232 g/mol. The van der Waals surface area contributed by atoms with Gasteiger partial charge in [-0.1, -0.05) is 13.2 Å². The highest BCUT2D eigenvalue weighted by Crippen LogP contribution is 2.06. The first-order valence-electron chi connectivity index (χ1n) is 5.09. The number of Topliss-reactive ketones (excluding diaryl/α,β-unsaturated/α-hetero) is 2. The van der Waals surface area contributed by atoms with E-state index in [9.17, 15) is 9.59 Å². The molecule has 0 aliphatic rings. The minimum atomic E-state index is -0.741. The molecule has 2 rings (SSSR count). The predicted molar refractivity (Wildman–Crippen MR) is 65.9 cm³/mol. The second-order valence-corrected chi connectivity index (χ2v) is 3.34. The zero-order valence-corrected chi connectivity index (χ0v) is 9.48. The van der Waals surface area contributed by atoms with Gasteiger partial charge in [0.25, 0.3) is 11.6 Å². The van der Waals surface area contributed by atoms with Gasteiger partial charge in [0.2, 0.25) is 0 Å². The van der Waals surface area contributed by atoms with Crippen LogP contribution in [0.2, 0.25) is 0 Å². The third-order valence-corrected chi connectivity index (χ3v) is 2.34. The van der Waals surface area contributed by atoms with E-state index in [1.54, 1.807) is 0 Å². The fourth-order valence-electron chi connectivity index (χ4n) is 1.48. The van der Waals surface area contributed by atoms with Gasteiger partial charge < -0.3 is 9.13 Å². The Balaban J connectivity index is 2.38. The first-order chi connectivity index (χ1) is 8.69. The molecule has 0 unspecified atom stereocenters. The van der Waals surface area contributed by atoms with Crippen molar-refractivity contribution >= 4 is 24.0 Å². The lowest BCUT2D eigenvalue weighted by atomic mass is 10.2. The van der Waals surface area contributed by atoms with E-state index in [-0.39, 0.29) is 11.6 Å². The molecule has 0 bridgehead atoms. The van der Waals surface area contributed by atoms with Crippen molar-refractivity contribution in [3.05, 3.63) is 49.6 Å². The van der Waals surface area contributed by atoms with Crippen LogP contribution in [0.15, 0.2) is 37.9 Å². The van der Waals surface area contributed by atoms with Gasteiger partial charge in [0, 0.05) is 37.2 Å². The summed E-state index contributed by atoms with van der Waals surface area (Å²) in [6.45, 7) is 7.05. The summed E-state index contributed by atoms with van der Waals surface area (Å²) in [5.41, 5.74) is 0. The highest BCUT2D eigenvalue weighted by atomic mass is 16.2. The minimum Gasteiger partial charge on any atom is -0.304 e. The predicted octanol–water partition coefficient (Wildman–Crippen LogP) is 1.35. The lowest BCUT2D eigenvalue weighted by molar-refractivity contribution is 0.0803. The van der Waals surface area contributed by atoms with Crippen LogP contribution < -0.4 is 0 Å². The van der Waals surface area contributed by atoms with Crippen LogP contribution in [-0.2, 0) is 0 Å². The van der Waals surface area contributed by atoms with E-state index >= 15 is 0 Å². The standard InChI is InChI=1S/C12H10N4O2/c1-3-15-7-5-13-11(15)9(17)10(18)12-14-6-8-16(12)4-2/h3-8H,1-2H2. The molecule has 0 aliphatic carbocycles. The van der Waals surface area contributed by atoms with Gasteiger partial charge in [0.15, 0.2) is 11.6 Å². The van der Waals surface area contributed by atoms with Gasteiger partial charge in [-0.15, -0.1) is 0 Å². The van der Waals surface area contributed by atoms with Gasteiger partial charge in [-0.3, -0.25) is 9.59 Å². The second-order valence-electron chi connectivity index (χ2n) is 3.34. The normalized spacial score (nSPS) is 10.0. The summed E-state index contributed by atoms with van der Waals surface area (Å²) in [6, 6.07) is 0. The molecular formula is C12H10N4O2. The zero-order valence-electron chi connectivity index (χ0n) is 9.48. The molecule has 2 heterocycles. The zero-order chi connectivity index (χ0) is 13.1. The van der Waals surface area contributed by atoms with Crippen molar-refractivity contribution in [2.45, 2.75) is 0 Å². The fraction of sp³-hybridized carbons (Fsp3) is 0. The average molecular weight is 242 g/mol. The van der Waals surface area contributed by atoms with Crippen LogP contribution in [-0.4, -0.2) is 30.7 Å². The molecule has 0 saturated carbocycles. The Morgan fingerprint density at radius 3 is 1.67 bits per heavy atom. The van der Waals surface area contributed by atoms with Gasteiger partial charge in [0.05, 0.1) is 0 Å². The molecule has 6 heteroatoms. The van der Waals surface area contributed by atoms with E-state index in [0.29, 0.717) is 0 Å². The smallest absolute Gasteiger partial charge is 0.272 e. The number of aromatic nitrogens is 4. The quantitative estimate of drug-likeness (QED) is 0.586. The monoisotopic (exact) mass is 242 g/mol. The Morgan fingerprint density at radius 1 is 0.944 bits per heavy atom. The van der Waals surface area contributed by atoms with Crippen molar-refractivity contribution in [2.75, 3.05) is 0 Å². The van der Waals surface area contributed by atoms with E-state index in [1.807, 2.05) is 0 Å². The van der Waals surface area contributed by atoms with Crippen molar-refractivity contribution < 1.29 is 9.59 Å². The Kier molecular flexibility index (Phi) is 3.01. The Bertz CT molecular complexity index is 580. The largest absolute Gasteiger partial charge is 0.304 e. The van der Waals surface area contributed by atoms with E-state index in [4.69, 9.17) is 0 Å². The SMILES string of the molecule is C=Cn1ccnc1C(=O)C(=O)c1nccn1C=C. The minimum absolute atomic E-state index is 0.00797. The number of carbonyl (C=O) groups is 2. The topological polar surface area (TPSA) is 69.8 Å². The van der Waals surface area contributed by atoms with Crippen molar-refractivity contribution in [3.63, 3.8) is 0 Å². The second kappa shape index (κ2) is 4.62. The Hall–Kier alpha value is -2.76. The molecule has 2 aromatic heterocycles. The molecule has 0 aliphatic heterocycles. The third kappa shape index (κ3) is 1.80. The average Bonchev–Trinajstić information content (AvgIpc) is 3.04. The van der Waals surface area contributed by atoms with E-state index in [2.05, 4.69) is 23.1 Å². The van der Waals surface area contributed by atoms with Gasteiger partial charge >= 0.3 is 0 Å². The Morgan fingerprint density at radius 2 is 1.33 bits per heavy atom. The van der Waals surface area contributed by atoms with Crippen LogP contribution in [0.4, 0.5) is 0 Å².